The molecule has 0 bridgehead atoms. The monoisotopic (exact) mass is 487 g/mol. The Kier molecular flexibility index (Phi) is 8.01. The number of unbranched alkanes of at least 4 members (excludes halogenated alkanes) is 1. The van der Waals surface area contributed by atoms with Gasteiger partial charge in [0.1, 0.15) is 5.82 Å². The van der Waals surface area contributed by atoms with E-state index in [1.165, 1.54) is 16.6 Å². The van der Waals surface area contributed by atoms with E-state index in [1.54, 1.807) is 12.1 Å². The Morgan fingerprint density at radius 3 is 2.47 bits per heavy atom. The molecule has 3 aromatic rings. The standard InChI is InChI=1S/C24H30ClN5O4/c1-5-6-11-29-21(26)20(22(31)27-24(29)33)28(12-13-34-4)23(32)18-14-17(9-10-19(18)25)30-15(2)7-8-16(30)3/h7-10,14H,5-6,11-13,26H2,1-4H3,(H,27,31,33). The number of halogens is 1. The molecule has 0 aliphatic carbocycles. The molecule has 3 N–H and O–H groups in total. The topological polar surface area (TPSA) is 115 Å². The fourth-order valence-electron chi connectivity index (χ4n) is 3.91. The Balaban J connectivity index is 2.15. The number of nitrogens with zero attached hydrogens (tertiary/aromatic N) is 3. The van der Waals surface area contributed by atoms with Crippen LogP contribution in [0.4, 0.5) is 11.5 Å². The minimum absolute atomic E-state index is 0.0384. The zero-order chi connectivity index (χ0) is 25.0. The van der Waals surface area contributed by atoms with Crippen molar-refractivity contribution >= 4 is 29.0 Å². The van der Waals surface area contributed by atoms with Gasteiger partial charge in [0.15, 0.2) is 5.69 Å². The number of amides is 1. The molecule has 0 fully saturated rings. The summed E-state index contributed by atoms with van der Waals surface area (Å²) in [7, 11) is 1.49. The second kappa shape index (κ2) is 10.8. The normalized spacial score (nSPS) is 11.1. The average molecular weight is 488 g/mol. The van der Waals surface area contributed by atoms with Crippen LogP contribution in [-0.2, 0) is 11.3 Å². The van der Waals surface area contributed by atoms with Gasteiger partial charge in [-0.3, -0.25) is 24.0 Å². The van der Waals surface area contributed by atoms with Crippen molar-refractivity contribution in [1.82, 2.24) is 14.1 Å². The highest BCUT2D eigenvalue weighted by atomic mass is 35.5. The summed E-state index contributed by atoms with van der Waals surface area (Å²) in [5, 5.41) is 0.230. The predicted octanol–water partition coefficient (Wildman–Crippen LogP) is 3.27. The second-order valence-corrected chi connectivity index (χ2v) is 8.47. The van der Waals surface area contributed by atoms with Crippen LogP contribution in [0.15, 0.2) is 39.9 Å². The van der Waals surface area contributed by atoms with Gasteiger partial charge in [-0.25, -0.2) is 4.79 Å². The van der Waals surface area contributed by atoms with Crippen LogP contribution < -0.4 is 21.9 Å². The molecular weight excluding hydrogens is 458 g/mol. The summed E-state index contributed by atoms with van der Waals surface area (Å²) in [5.74, 6) is -0.597. The number of benzene rings is 1. The van der Waals surface area contributed by atoms with E-state index >= 15 is 0 Å². The van der Waals surface area contributed by atoms with Crippen molar-refractivity contribution in [2.45, 2.75) is 40.2 Å². The number of aromatic nitrogens is 3. The van der Waals surface area contributed by atoms with Gasteiger partial charge >= 0.3 is 5.69 Å². The lowest BCUT2D eigenvalue weighted by atomic mass is 10.1. The Labute approximate surface area is 202 Å². The number of nitrogens with two attached hydrogens (primary N) is 1. The first-order chi connectivity index (χ1) is 16.2. The van der Waals surface area contributed by atoms with E-state index in [2.05, 4.69) is 4.98 Å². The molecule has 9 nitrogen and oxygen atoms in total. The lowest BCUT2D eigenvalue weighted by Crippen LogP contribution is -2.42. The Morgan fingerprint density at radius 1 is 1.18 bits per heavy atom. The lowest BCUT2D eigenvalue weighted by Gasteiger charge is -2.25. The number of nitrogen functional groups attached to an aromatic ring is 1. The van der Waals surface area contributed by atoms with Crippen molar-refractivity contribution in [3.05, 3.63) is 73.1 Å². The SMILES string of the molecule is CCCCn1c(N)c(N(CCOC)C(=O)c2cc(-n3c(C)ccc3C)ccc2Cl)c(=O)[nH]c1=O. The minimum Gasteiger partial charge on any atom is -0.383 e. The molecule has 0 saturated heterocycles. The number of aromatic amines is 1. The highest BCUT2D eigenvalue weighted by molar-refractivity contribution is 6.34. The van der Waals surface area contributed by atoms with Gasteiger partial charge in [0.2, 0.25) is 0 Å². The summed E-state index contributed by atoms with van der Waals surface area (Å²) in [6, 6.07) is 9.12. The maximum Gasteiger partial charge on any atom is 0.330 e. The van der Waals surface area contributed by atoms with Gasteiger partial charge in [0.25, 0.3) is 11.5 Å². The zero-order valence-corrected chi connectivity index (χ0v) is 20.6. The van der Waals surface area contributed by atoms with E-state index in [0.717, 1.165) is 23.5 Å². The molecule has 0 aliphatic rings. The first-order valence-corrected chi connectivity index (χ1v) is 11.5. The van der Waals surface area contributed by atoms with Crippen LogP contribution in [0.5, 0.6) is 0 Å². The number of carbonyl (C=O) groups excluding carboxylic acids is 1. The summed E-state index contributed by atoms with van der Waals surface area (Å²) in [6.07, 6.45) is 1.51. The fraction of sp³-hybridized carbons (Fsp3) is 0.375. The number of nitrogens with one attached hydrogen (secondary N) is 1. The number of hydrogen-bond acceptors (Lipinski definition) is 5. The van der Waals surface area contributed by atoms with E-state index in [1.807, 2.05) is 43.5 Å². The van der Waals surface area contributed by atoms with Crippen molar-refractivity contribution in [3.63, 3.8) is 0 Å². The number of ether oxygens (including phenoxy) is 1. The molecule has 0 saturated carbocycles. The molecular formula is C24H30ClN5O4. The Hall–Kier alpha value is -3.30. The molecule has 2 aromatic heterocycles. The van der Waals surface area contributed by atoms with Crippen LogP contribution in [0.2, 0.25) is 5.02 Å². The second-order valence-electron chi connectivity index (χ2n) is 8.06. The van der Waals surface area contributed by atoms with Crippen LogP contribution in [0, 0.1) is 13.8 Å². The van der Waals surface area contributed by atoms with Crippen LogP contribution in [0.25, 0.3) is 5.69 Å². The maximum absolute atomic E-state index is 13.8. The molecule has 3 rings (SSSR count). The Bertz CT molecular complexity index is 1290. The molecule has 0 spiro atoms. The molecule has 1 amide bonds. The first kappa shape index (κ1) is 25.3. The highest BCUT2D eigenvalue weighted by Crippen LogP contribution is 2.27. The quantitative estimate of drug-likeness (QED) is 0.480. The third-order valence-electron chi connectivity index (χ3n) is 5.69. The predicted molar refractivity (Wildman–Crippen MR) is 134 cm³/mol. The molecule has 10 heteroatoms. The van der Waals surface area contributed by atoms with Crippen molar-refractivity contribution in [2.75, 3.05) is 30.9 Å². The van der Waals surface area contributed by atoms with E-state index in [0.29, 0.717) is 13.0 Å². The number of methoxy groups -OCH3 is 1. The zero-order valence-electron chi connectivity index (χ0n) is 19.9. The molecule has 0 unspecified atom stereocenters. The molecule has 182 valence electrons. The van der Waals surface area contributed by atoms with E-state index in [9.17, 15) is 14.4 Å². The van der Waals surface area contributed by atoms with Crippen molar-refractivity contribution in [1.29, 1.82) is 0 Å². The van der Waals surface area contributed by atoms with Gasteiger partial charge in [-0.05, 0) is 50.6 Å². The number of hydrogen-bond donors (Lipinski definition) is 2. The first-order valence-electron chi connectivity index (χ1n) is 11.1. The maximum atomic E-state index is 13.8. The third kappa shape index (κ3) is 4.95. The molecule has 34 heavy (non-hydrogen) atoms. The van der Waals surface area contributed by atoms with Crippen molar-refractivity contribution in [2.24, 2.45) is 0 Å². The molecule has 2 heterocycles. The van der Waals surface area contributed by atoms with E-state index < -0.39 is 17.2 Å². The van der Waals surface area contributed by atoms with E-state index in [-0.39, 0.29) is 35.2 Å². The van der Waals surface area contributed by atoms with Crippen LogP contribution in [-0.4, -0.2) is 40.3 Å². The number of aryl methyl sites for hydroxylation is 2. The summed E-state index contributed by atoms with van der Waals surface area (Å²) < 4.78 is 8.44. The lowest BCUT2D eigenvalue weighted by molar-refractivity contribution is 0.0975. The van der Waals surface area contributed by atoms with Gasteiger partial charge in [0.05, 0.1) is 17.2 Å². The largest absolute Gasteiger partial charge is 0.383 e. The van der Waals surface area contributed by atoms with Gasteiger partial charge in [-0.2, -0.15) is 0 Å². The Morgan fingerprint density at radius 2 is 1.85 bits per heavy atom. The summed E-state index contributed by atoms with van der Waals surface area (Å²) >= 11 is 6.44. The molecule has 0 radical (unpaired) electrons. The fourth-order valence-corrected chi connectivity index (χ4v) is 4.11. The van der Waals surface area contributed by atoms with Crippen molar-refractivity contribution in [3.8, 4) is 5.69 Å². The van der Waals surface area contributed by atoms with Crippen LogP contribution in [0.3, 0.4) is 0 Å². The molecule has 0 aliphatic heterocycles. The highest BCUT2D eigenvalue weighted by Gasteiger charge is 2.27. The van der Waals surface area contributed by atoms with Gasteiger partial charge < -0.3 is 15.0 Å². The minimum atomic E-state index is -0.746. The van der Waals surface area contributed by atoms with E-state index in [4.69, 9.17) is 22.1 Å². The van der Waals surface area contributed by atoms with Gasteiger partial charge in [-0.1, -0.05) is 24.9 Å². The van der Waals surface area contributed by atoms with Crippen molar-refractivity contribution < 1.29 is 9.53 Å². The number of rotatable bonds is 9. The number of carbonyl (C=O) groups is 1. The summed E-state index contributed by atoms with van der Waals surface area (Å²) in [5.41, 5.74) is 7.76. The molecule has 0 atom stereocenters. The van der Waals surface area contributed by atoms with Gasteiger partial charge in [0, 0.05) is 37.3 Å². The summed E-state index contributed by atoms with van der Waals surface area (Å²) in [6.45, 7) is 6.41. The molecule has 1 aromatic carbocycles. The average Bonchev–Trinajstić information content (AvgIpc) is 3.13. The van der Waals surface area contributed by atoms with Gasteiger partial charge in [-0.15, -0.1) is 0 Å². The number of H-pyrrole nitrogens is 1. The number of anilines is 2. The van der Waals surface area contributed by atoms with Crippen LogP contribution in [0.1, 0.15) is 41.5 Å². The third-order valence-corrected chi connectivity index (χ3v) is 6.02. The smallest absolute Gasteiger partial charge is 0.330 e. The summed E-state index contributed by atoms with van der Waals surface area (Å²) in [4.78, 5) is 42.5. The van der Waals surface area contributed by atoms with Crippen LogP contribution >= 0.6 is 11.6 Å².